The van der Waals surface area contributed by atoms with Crippen LogP contribution in [0.2, 0.25) is 10.0 Å². The molecule has 0 bridgehead atoms. The molecule has 1 aliphatic heterocycles. The quantitative estimate of drug-likeness (QED) is 0.159. The van der Waals surface area contributed by atoms with Gasteiger partial charge >= 0.3 is 6.18 Å². The van der Waals surface area contributed by atoms with Crippen LogP contribution in [0.25, 0.3) is 51.6 Å². The van der Waals surface area contributed by atoms with Gasteiger partial charge in [-0.2, -0.15) is 13.2 Å². The zero-order valence-corrected chi connectivity index (χ0v) is 32.8. The van der Waals surface area contributed by atoms with Gasteiger partial charge in [-0.25, -0.2) is 0 Å². The normalized spacial score (nSPS) is 11.6. The molecule has 0 aliphatic carbocycles. The fraction of sp³-hybridized carbons (Fsp3) is 0.0769. The van der Waals surface area contributed by atoms with Gasteiger partial charge in [0.25, 0.3) is 0 Å². The molecule has 10 rings (SSSR count). The van der Waals surface area contributed by atoms with Crippen LogP contribution in [0.3, 0.4) is 0 Å². The highest BCUT2D eigenvalue weighted by atomic mass is 35.5. The molecule has 17 nitrogen and oxygen atoms in total. The summed E-state index contributed by atoms with van der Waals surface area (Å²) in [5, 5.41) is 37.0. The predicted molar refractivity (Wildman–Crippen MR) is 213 cm³/mol. The molecule has 0 saturated carbocycles. The van der Waals surface area contributed by atoms with E-state index in [2.05, 4.69) is 61.2 Å². The van der Waals surface area contributed by atoms with Crippen LogP contribution in [0.1, 0.15) is 11.1 Å². The van der Waals surface area contributed by atoms with Crippen molar-refractivity contribution in [2.75, 3.05) is 6.79 Å². The Morgan fingerprint density at radius 1 is 0.541 bits per heavy atom. The third kappa shape index (κ3) is 9.45. The molecular weight excluding hydrogens is 838 g/mol. The number of nitrogens with zero attached hydrogens (tertiary/aromatic N) is 15. The van der Waals surface area contributed by atoms with E-state index in [9.17, 15) is 13.2 Å². The summed E-state index contributed by atoms with van der Waals surface area (Å²) in [6, 6.07) is 30.2. The molecule has 0 radical (unpaired) electrons. The molecule has 304 valence electrons. The fourth-order valence-corrected chi connectivity index (χ4v) is 5.67. The number of hydrogen-bond donors (Lipinski definition) is 0. The second kappa shape index (κ2) is 17.6. The molecule has 0 spiro atoms. The highest BCUT2D eigenvalue weighted by Crippen LogP contribution is 2.34. The van der Waals surface area contributed by atoms with Crippen molar-refractivity contribution in [3.8, 4) is 63.1 Å². The first-order valence-electron chi connectivity index (χ1n) is 17.8. The molecule has 61 heavy (non-hydrogen) atoms. The second-order valence-electron chi connectivity index (χ2n) is 12.5. The Morgan fingerprint density at radius 3 is 1.56 bits per heavy atom. The smallest absolute Gasteiger partial charge is 0.416 e. The van der Waals surface area contributed by atoms with Crippen molar-refractivity contribution < 1.29 is 22.6 Å². The standard InChI is InChI=1S/C13H7ClF3N5.C13H10ClN5.C13H9N5O2/c14-9-5-4-8(13(15,16)17)7-11(9)22-20-12(19-21-22)10-3-1-2-6-18-10;1-9-8-10(5-6-11(9)14)19-17-13(16-18-19)12-4-2-3-7-15-12;1-2-6-14-10(3-1)13-15-17-18(16-13)9-4-5-11-12(7-9)20-8-19-11/h1-7H;2-8H,1H3;1-7H,8H2. The molecule has 22 heteroatoms. The van der Waals surface area contributed by atoms with E-state index in [0.29, 0.717) is 39.5 Å². The lowest BCUT2D eigenvalue weighted by molar-refractivity contribution is -0.137. The first-order chi connectivity index (χ1) is 29.6. The summed E-state index contributed by atoms with van der Waals surface area (Å²) in [5.41, 5.74) is 3.52. The topological polar surface area (TPSA) is 188 Å². The largest absolute Gasteiger partial charge is 0.454 e. The van der Waals surface area contributed by atoms with E-state index in [-0.39, 0.29) is 23.3 Å². The minimum Gasteiger partial charge on any atom is -0.454 e. The van der Waals surface area contributed by atoms with E-state index < -0.39 is 11.7 Å². The average molecular weight is 865 g/mol. The van der Waals surface area contributed by atoms with Gasteiger partial charge in [0.2, 0.25) is 24.3 Å². The van der Waals surface area contributed by atoms with Gasteiger partial charge in [0.05, 0.1) is 22.0 Å². The maximum absolute atomic E-state index is 12.8. The Kier molecular flexibility index (Phi) is 11.6. The molecule has 7 heterocycles. The zero-order valence-electron chi connectivity index (χ0n) is 31.2. The highest BCUT2D eigenvalue weighted by Gasteiger charge is 2.31. The van der Waals surface area contributed by atoms with Crippen LogP contribution in [0.4, 0.5) is 13.2 Å². The Hall–Kier alpha value is -7.71. The molecule has 6 aromatic heterocycles. The Balaban J connectivity index is 0.000000127. The summed E-state index contributed by atoms with van der Waals surface area (Å²) < 4.78 is 48.9. The third-order valence-corrected chi connectivity index (χ3v) is 9.11. The molecule has 0 fully saturated rings. The Bertz CT molecular complexity index is 2900. The monoisotopic (exact) mass is 863 g/mol. The number of aryl methyl sites for hydroxylation is 1. The third-order valence-electron chi connectivity index (χ3n) is 8.37. The van der Waals surface area contributed by atoms with Gasteiger partial charge in [-0.1, -0.05) is 41.4 Å². The predicted octanol–water partition coefficient (Wildman–Crippen LogP) is 7.54. The molecule has 3 aromatic carbocycles. The first-order valence-corrected chi connectivity index (χ1v) is 18.5. The number of halogens is 5. The summed E-state index contributed by atoms with van der Waals surface area (Å²) in [7, 11) is 0. The maximum Gasteiger partial charge on any atom is 0.416 e. The zero-order chi connectivity index (χ0) is 42.3. The summed E-state index contributed by atoms with van der Waals surface area (Å²) >= 11 is 11.9. The number of aromatic nitrogens is 15. The molecule has 0 N–H and O–H groups in total. The molecular formula is C39H26Cl2F3N15O2. The van der Waals surface area contributed by atoms with Crippen molar-refractivity contribution in [3.05, 3.63) is 149 Å². The summed E-state index contributed by atoms with van der Waals surface area (Å²) in [6.45, 7) is 2.17. The minimum atomic E-state index is -4.48. The van der Waals surface area contributed by atoms with Gasteiger partial charge in [0.1, 0.15) is 22.8 Å². The maximum atomic E-state index is 12.8. The molecule has 0 amide bonds. The van der Waals surface area contributed by atoms with Crippen LogP contribution in [-0.2, 0) is 6.18 Å². The second-order valence-corrected chi connectivity index (χ2v) is 13.3. The van der Waals surface area contributed by atoms with Crippen molar-refractivity contribution in [2.45, 2.75) is 13.1 Å². The number of alkyl halides is 3. The first kappa shape index (κ1) is 40.1. The van der Waals surface area contributed by atoms with Crippen LogP contribution in [-0.4, -0.2) is 82.4 Å². The molecule has 1 aliphatic rings. The van der Waals surface area contributed by atoms with Crippen molar-refractivity contribution in [2.24, 2.45) is 0 Å². The van der Waals surface area contributed by atoms with E-state index in [1.54, 1.807) is 36.8 Å². The van der Waals surface area contributed by atoms with Crippen molar-refractivity contribution in [3.63, 3.8) is 0 Å². The number of tetrazole rings is 3. The lowest BCUT2D eigenvalue weighted by atomic mass is 10.2. The van der Waals surface area contributed by atoms with E-state index in [1.165, 1.54) is 9.59 Å². The number of rotatable bonds is 6. The Labute approximate surface area is 352 Å². The van der Waals surface area contributed by atoms with Crippen molar-refractivity contribution >= 4 is 23.2 Å². The van der Waals surface area contributed by atoms with Gasteiger partial charge < -0.3 is 9.47 Å². The molecule has 9 aromatic rings. The van der Waals surface area contributed by atoms with Crippen LogP contribution in [0, 0.1) is 6.92 Å². The van der Waals surface area contributed by atoms with Gasteiger partial charge in [-0.3, -0.25) is 15.0 Å². The fourth-order valence-electron chi connectivity index (χ4n) is 5.36. The summed E-state index contributed by atoms with van der Waals surface area (Å²) in [4.78, 5) is 16.3. The van der Waals surface area contributed by atoms with Gasteiger partial charge in [0.15, 0.2) is 11.5 Å². The van der Waals surface area contributed by atoms with E-state index in [4.69, 9.17) is 32.7 Å². The number of pyridine rings is 3. The van der Waals surface area contributed by atoms with Crippen LogP contribution in [0.5, 0.6) is 11.5 Å². The van der Waals surface area contributed by atoms with E-state index in [1.807, 2.05) is 79.7 Å². The Morgan fingerprint density at radius 2 is 1.03 bits per heavy atom. The lowest BCUT2D eigenvalue weighted by Gasteiger charge is -2.09. The number of ether oxygens (including phenoxy) is 2. The number of benzene rings is 3. The minimum absolute atomic E-state index is 0.00817. The van der Waals surface area contributed by atoms with Gasteiger partial charge in [0, 0.05) is 29.7 Å². The van der Waals surface area contributed by atoms with E-state index in [0.717, 1.165) is 45.7 Å². The van der Waals surface area contributed by atoms with Crippen LogP contribution >= 0.6 is 23.2 Å². The van der Waals surface area contributed by atoms with Gasteiger partial charge in [-0.05, 0) is 113 Å². The molecule has 0 atom stereocenters. The molecule has 0 saturated heterocycles. The average Bonchev–Trinajstić information content (AvgIpc) is 4.14. The summed E-state index contributed by atoms with van der Waals surface area (Å²) in [6.07, 6.45) is 0.454. The highest BCUT2D eigenvalue weighted by molar-refractivity contribution is 6.32. The van der Waals surface area contributed by atoms with Gasteiger partial charge in [-0.15, -0.1) is 45.0 Å². The van der Waals surface area contributed by atoms with E-state index >= 15 is 0 Å². The van der Waals surface area contributed by atoms with Crippen molar-refractivity contribution in [1.29, 1.82) is 0 Å². The number of fused-ring (bicyclic) bond motifs is 1. The lowest BCUT2D eigenvalue weighted by Crippen LogP contribution is -2.08. The number of hydrogen-bond acceptors (Lipinski definition) is 14. The SMILES string of the molecule is Cc1cc(-n2nnc(-c3ccccn3)n2)ccc1Cl.FC(F)(F)c1ccc(Cl)c(-n2nnc(-c3ccccn3)n2)c1.c1ccc(-c2nnn(-c3ccc4c(c3)OCO4)n2)nc1. The van der Waals surface area contributed by atoms with Crippen LogP contribution < -0.4 is 9.47 Å². The van der Waals surface area contributed by atoms with Crippen LogP contribution in [0.15, 0.2) is 128 Å². The molecule has 0 unspecified atom stereocenters. The van der Waals surface area contributed by atoms with Crippen molar-refractivity contribution in [1.82, 2.24) is 75.6 Å². The summed E-state index contributed by atoms with van der Waals surface area (Å²) in [5.74, 6) is 2.56.